The minimum absolute atomic E-state index is 0.191. The predicted octanol–water partition coefficient (Wildman–Crippen LogP) is 3.44. The second-order valence-electron chi connectivity index (χ2n) is 6.62. The highest BCUT2D eigenvalue weighted by Gasteiger charge is 2.21. The van der Waals surface area contributed by atoms with Crippen molar-refractivity contribution in [1.29, 1.82) is 0 Å². The maximum atomic E-state index is 12.7. The first-order valence-electron chi connectivity index (χ1n) is 9.08. The largest absolute Gasteiger partial charge is 0.339 e. The lowest BCUT2D eigenvalue weighted by Crippen LogP contribution is -2.48. The molecule has 0 N–H and O–H groups in total. The number of amides is 1. The minimum atomic E-state index is 0.191. The number of nitrogens with zero attached hydrogens (tertiary/aromatic N) is 4. The molecule has 3 aromatic rings. The Morgan fingerprint density at radius 1 is 1.11 bits per heavy atom. The Labute approximate surface area is 167 Å². The number of thiophene rings is 1. The SMILES string of the molecule is Cc1nc(SCC(=O)N2CCN(Cc3cccs3)CC2)c2ccccc2n1. The molecule has 7 heteroatoms. The minimum Gasteiger partial charge on any atom is -0.339 e. The molecule has 140 valence electrons. The van der Waals surface area contributed by atoms with Gasteiger partial charge < -0.3 is 4.90 Å². The summed E-state index contributed by atoms with van der Waals surface area (Å²) in [5, 5.41) is 4.02. The number of carbonyl (C=O) groups is 1. The molecule has 1 saturated heterocycles. The van der Waals surface area contributed by atoms with Crippen LogP contribution in [-0.4, -0.2) is 57.6 Å². The Morgan fingerprint density at radius 3 is 2.70 bits per heavy atom. The van der Waals surface area contributed by atoms with Gasteiger partial charge in [0.05, 0.1) is 11.3 Å². The number of hydrogen-bond acceptors (Lipinski definition) is 6. The number of carbonyl (C=O) groups excluding carboxylic acids is 1. The normalized spacial score (nSPS) is 15.4. The third kappa shape index (κ3) is 4.48. The molecular weight excluding hydrogens is 376 g/mol. The summed E-state index contributed by atoms with van der Waals surface area (Å²) in [5.41, 5.74) is 0.933. The Hall–Kier alpha value is -1.96. The van der Waals surface area contributed by atoms with E-state index in [0.29, 0.717) is 5.75 Å². The van der Waals surface area contributed by atoms with Crippen molar-refractivity contribution in [1.82, 2.24) is 19.8 Å². The van der Waals surface area contributed by atoms with E-state index in [1.807, 2.05) is 36.1 Å². The summed E-state index contributed by atoms with van der Waals surface area (Å²) in [7, 11) is 0. The van der Waals surface area contributed by atoms with Crippen LogP contribution in [0.5, 0.6) is 0 Å². The second-order valence-corrected chi connectivity index (χ2v) is 8.61. The number of benzene rings is 1. The molecule has 3 heterocycles. The topological polar surface area (TPSA) is 49.3 Å². The van der Waals surface area contributed by atoms with Gasteiger partial charge in [-0.25, -0.2) is 9.97 Å². The van der Waals surface area contributed by atoms with Crippen molar-refractivity contribution in [3.63, 3.8) is 0 Å². The Kier molecular flexibility index (Phi) is 5.71. The van der Waals surface area contributed by atoms with Crippen LogP contribution in [0.4, 0.5) is 0 Å². The van der Waals surface area contributed by atoms with Gasteiger partial charge in [0, 0.05) is 43.0 Å². The second kappa shape index (κ2) is 8.37. The quantitative estimate of drug-likeness (QED) is 0.487. The number of piperazine rings is 1. The third-order valence-corrected chi connectivity index (χ3v) is 6.53. The van der Waals surface area contributed by atoms with Gasteiger partial charge in [-0.3, -0.25) is 9.69 Å². The summed E-state index contributed by atoms with van der Waals surface area (Å²) < 4.78 is 0. The van der Waals surface area contributed by atoms with Crippen LogP contribution >= 0.6 is 23.1 Å². The zero-order valence-electron chi connectivity index (χ0n) is 15.3. The summed E-state index contributed by atoms with van der Waals surface area (Å²) in [4.78, 5) is 27.5. The molecule has 0 spiro atoms. The maximum absolute atomic E-state index is 12.7. The van der Waals surface area contributed by atoms with Gasteiger partial charge in [-0.05, 0) is 24.4 Å². The van der Waals surface area contributed by atoms with Gasteiger partial charge in [0.15, 0.2) is 0 Å². The first-order chi connectivity index (χ1) is 13.2. The highest BCUT2D eigenvalue weighted by molar-refractivity contribution is 8.00. The van der Waals surface area contributed by atoms with Gasteiger partial charge in [0.2, 0.25) is 5.91 Å². The molecule has 1 amide bonds. The zero-order chi connectivity index (χ0) is 18.6. The zero-order valence-corrected chi connectivity index (χ0v) is 16.9. The lowest BCUT2D eigenvalue weighted by Gasteiger charge is -2.34. The summed E-state index contributed by atoms with van der Waals surface area (Å²) in [5.74, 6) is 1.35. The number of thioether (sulfide) groups is 1. The fourth-order valence-electron chi connectivity index (χ4n) is 3.27. The van der Waals surface area contributed by atoms with E-state index < -0.39 is 0 Å². The molecular formula is C20H22N4OS2. The van der Waals surface area contributed by atoms with Crippen molar-refractivity contribution >= 4 is 39.9 Å². The molecule has 1 aliphatic heterocycles. The van der Waals surface area contributed by atoms with Crippen LogP contribution in [0, 0.1) is 6.92 Å². The van der Waals surface area contributed by atoms with Crippen molar-refractivity contribution in [2.45, 2.75) is 18.5 Å². The average molecular weight is 399 g/mol. The monoisotopic (exact) mass is 398 g/mol. The molecule has 5 nitrogen and oxygen atoms in total. The van der Waals surface area contributed by atoms with Gasteiger partial charge in [-0.15, -0.1) is 11.3 Å². The number of para-hydroxylation sites is 1. The maximum Gasteiger partial charge on any atom is 0.233 e. The van der Waals surface area contributed by atoms with Gasteiger partial charge in [0.1, 0.15) is 10.9 Å². The molecule has 4 rings (SSSR count). The molecule has 0 aliphatic carbocycles. The molecule has 1 aromatic carbocycles. The Balaban J connectivity index is 1.33. The van der Waals surface area contributed by atoms with Crippen LogP contribution in [0.3, 0.4) is 0 Å². The van der Waals surface area contributed by atoms with Gasteiger partial charge >= 0.3 is 0 Å². The van der Waals surface area contributed by atoms with Crippen molar-refractivity contribution in [3.8, 4) is 0 Å². The van der Waals surface area contributed by atoms with Crippen LogP contribution in [0.25, 0.3) is 10.9 Å². The van der Waals surface area contributed by atoms with Gasteiger partial charge in [-0.1, -0.05) is 36.0 Å². The molecule has 0 saturated carbocycles. The Bertz CT molecular complexity index is 921. The lowest BCUT2D eigenvalue weighted by molar-refractivity contribution is -0.130. The standard InChI is InChI=1S/C20H22N4OS2/c1-15-21-18-7-3-2-6-17(18)20(22-15)27-14-19(25)24-10-8-23(9-11-24)13-16-5-4-12-26-16/h2-7,12H,8-11,13-14H2,1H3. The van der Waals surface area contributed by atoms with Crippen LogP contribution in [-0.2, 0) is 11.3 Å². The van der Waals surface area contributed by atoms with Crippen molar-refractivity contribution in [3.05, 3.63) is 52.5 Å². The molecule has 2 aromatic heterocycles. The van der Waals surface area contributed by atoms with E-state index in [0.717, 1.165) is 54.5 Å². The van der Waals surface area contributed by atoms with E-state index in [9.17, 15) is 4.79 Å². The first kappa shape index (κ1) is 18.4. The number of aryl methyl sites for hydroxylation is 1. The van der Waals surface area contributed by atoms with Gasteiger partial charge in [-0.2, -0.15) is 0 Å². The van der Waals surface area contributed by atoms with Crippen LogP contribution in [0.1, 0.15) is 10.7 Å². The van der Waals surface area contributed by atoms with E-state index in [2.05, 4.69) is 32.4 Å². The van der Waals surface area contributed by atoms with E-state index in [4.69, 9.17) is 0 Å². The van der Waals surface area contributed by atoms with Crippen LogP contribution < -0.4 is 0 Å². The average Bonchev–Trinajstić information content (AvgIpc) is 3.19. The highest BCUT2D eigenvalue weighted by Crippen LogP contribution is 2.25. The molecule has 1 aliphatic rings. The van der Waals surface area contributed by atoms with E-state index in [1.165, 1.54) is 16.6 Å². The predicted molar refractivity (Wildman–Crippen MR) is 111 cm³/mol. The summed E-state index contributed by atoms with van der Waals surface area (Å²) >= 11 is 3.31. The van der Waals surface area contributed by atoms with Crippen LogP contribution in [0.15, 0.2) is 46.8 Å². The molecule has 0 unspecified atom stereocenters. The molecule has 1 fully saturated rings. The molecule has 0 radical (unpaired) electrons. The molecule has 0 atom stereocenters. The summed E-state index contributed by atoms with van der Waals surface area (Å²) in [6.07, 6.45) is 0. The number of aromatic nitrogens is 2. The number of rotatable bonds is 5. The highest BCUT2D eigenvalue weighted by atomic mass is 32.2. The molecule has 0 bridgehead atoms. The van der Waals surface area contributed by atoms with Gasteiger partial charge in [0.25, 0.3) is 0 Å². The third-order valence-electron chi connectivity index (χ3n) is 4.70. The number of fused-ring (bicyclic) bond motifs is 1. The smallest absolute Gasteiger partial charge is 0.233 e. The van der Waals surface area contributed by atoms with Crippen molar-refractivity contribution in [2.24, 2.45) is 0 Å². The first-order valence-corrected chi connectivity index (χ1v) is 10.9. The van der Waals surface area contributed by atoms with Crippen molar-refractivity contribution < 1.29 is 4.79 Å². The fraction of sp³-hybridized carbons (Fsp3) is 0.350. The van der Waals surface area contributed by atoms with Crippen molar-refractivity contribution in [2.75, 3.05) is 31.9 Å². The fourth-order valence-corrected chi connectivity index (χ4v) is 4.98. The summed E-state index contributed by atoms with van der Waals surface area (Å²) in [6, 6.07) is 12.2. The number of hydrogen-bond donors (Lipinski definition) is 0. The molecule has 27 heavy (non-hydrogen) atoms. The Morgan fingerprint density at radius 2 is 1.93 bits per heavy atom. The lowest BCUT2D eigenvalue weighted by atomic mass is 10.2. The van der Waals surface area contributed by atoms with E-state index in [-0.39, 0.29) is 5.91 Å². The van der Waals surface area contributed by atoms with E-state index >= 15 is 0 Å². The summed E-state index contributed by atoms with van der Waals surface area (Å²) in [6.45, 7) is 6.35. The van der Waals surface area contributed by atoms with Crippen LogP contribution in [0.2, 0.25) is 0 Å². The van der Waals surface area contributed by atoms with E-state index in [1.54, 1.807) is 11.3 Å².